The molecule has 168 valence electrons. The van der Waals surface area contributed by atoms with E-state index in [1.54, 1.807) is 11.8 Å². The highest BCUT2D eigenvalue weighted by Gasteiger charge is 2.04. The Morgan fingerprint density at radius 1 is 1.06 bits per heavy atom. The molecule has 0 saturated carbocycles. The van der Waals surface area contributed by atoms with Crippen molar-refractivity contribution in [2.45, 2.75) is 32.9 Å². The Hall–Kier alpha value is -3.06. The molecule has 3 rings (SSSR count). The summed E-state index contributed by atoms with van der Waals surface area (Å²) >= 11 is 1.73. The number of hydrogen-bond donors (Lipinski definition) is 0. The zero-order valence-electron chi connectivity index (χ0n) is 18.6. The second-order valence-electron chi connectivity index (χ2n) is 7.35. The summed E-state index contributed by atoms with van der Waals surface area (Å²) in [6.45, 7) is 3.27. The van der Waals surface area contributed by atoms with Crippen molar-refractivity contribution >= 4 is 17.7 Å². The molecule has 0 radical (unpaired) electrons. The van der Waals surface area contributed by atoms with E-state index in [9.17, 15) is 4.79 Å². The molecule has 1 aromatic heterocycles. The standard InChI is InChI=1S/C25H29N3O3S/c1-20(13-16-32-17-14-25(29)30-2)12-15-28-18-23(26-27-28)19-31-24-10-8-22(9-11-24)21-6-4-3-5-7-21/h3-11,13,18H,12,14-17,19H2,1-2H3/b20-13+. The third kappa shape index (κ3) is 7.89. The summed E-state index contributed by atoms with van der Waals surface area (Å²) in [4.78, 5) is 11.1. The first-order valence-corrected chi connectivity index (χ1v) is 11.8. The molecule has 0 fully saturated rings. The summed E-state index contributed by atoms with van der Waals surface area (Å²) in [5, 5.41) is 8.40. The normalized spacial score (nSPS) is 11.4. The van der Waals surface area contributed by atoms with Crippen molar-refractivity contribution in [2.24, 2.45) is 0 Å². The van der Waals surface area contributed by atoms with Gasteiger partial charge in [-0.3, -0.25) is 9.48 Å². The van der Waals surface area contributed by atoms with Gasteiger partial charge in [-0.2, -0.15) is 11.8 Å². The van der Waals surface area contributed by atoms with E-state index in [1.807, 2.05) is 41.2 Å². The van der Waals surface area contributed by atoms with Crippen molar-refractivity contribution in [2.75, 3.05) is 18.6 Å². The quantitative estimate of drug-likeness (QED) is 0.215. The molecular weight excluding hydrogens is 422 g/mol. The summed E-state index contributed by atoms with van der Waals surface area (Å²) < 4.78 is 12.3. The Morgan fingerprint density at radius 2 is 1.81 bits per heavy atom. The number of methoxy groups -OCH3 is 1. The van der Waals surface area contributed by atoms with Gasteiger partial charge in [0.2, 0.25) is 0 Å². The van der Waals surface area contributed by atoms with Gasteiger partial charge in [-0.05, 0) is 36.6 Å². The molecule has 2 aromatic carbocycles. The highest BCUT2D eigenvalue weighted by molar-refractivity contribution is 7.99. The first-order chi connectivity index (χ1) is 15.6. The lowest BCUT2D eigenvalue weighted by Gasteiger charge is -2.06. The van der Waals surface area contributed by atoms with Gasteiger partial charge in [0.15, 0.2) is 0 Å². The van der Waals surface area contributed by atoms with E-state index in [2.05, 4.69) is 52.3 Å². The van der Waals surface area contributed by atoms with E-state index in [-0.39, 0.29) is 5.97 Å². The van der Waals surface area contributed by atoms with Crippen LogP contribution in [0.2, 0.25) is 0 Å². The van der Waals surface area contributed by atoms with Crippen LogP contribution in [-0.2, 0) is 22.7 Å². The van der Waals surface area contributed by atoms with Gasteiger partial charge in [-0.15, -0.1) is 5.10 Å². The molecule has 0 N–H and O–H groups in total. The lowest BCUT2D eigenvalue weighted by Crippen LogP contribution is -2.01. The molecule has 0 amide bonds. The zero-order valence-corrected chi connectivity index (χ0v) is 19.4. The molecule has 1 heterocycles. The van der Waals surface area contributed by atoms with Gasteiger partial charge in [0.05, 0.1) is 19.7 Å². The molecular formula is C25H29N3O3S. The third-order valence-electron chi connectivity index (χ3n) is 4.90. The van der Waals surface area contributed by atoms with E-state index in [0.29, 0.717) is 13.0 Å². The average Bonchev–Trinajstić information content (AvgIpc) is 3.30. The van der Waals surface area contributed by atoms with Crippen molar-refractivity contribution in [1.29, 1.82) is 0 Å². The molecule has 0 saturated heterocycles. The second kappa shape index (κ2) is 12.7. The molecule has 3 aromatic rings. The summed E-state index contributed by atoms with van der Waals surface area (Å²) in [6.07, 6.45) is 5.48. The third-order valence-corrected chi connectivity index (χ3v) is 5.79. The first kappa shape index (κ1) is 23.6. The minimum Gasteiger partial charge on any atom is -0.487 e. The Bertz CT molecular complexity index is 1000. The molecule has 0 aliphatic carbocycles. The molecule has 0 atom stereocenters. The fourth-order valence-corrected chi connectivity index (χ4v) is 3.86. The van der Waals surface area contributed by atoms with Crippen LogP contribution in [0, 0.1) is 0 Å². The summed E-state index contributed by atoms with van der Waals surface area (Å²) in [5.41, 5.74) is 4.44. The molecule has 0 unspecified atom stereocenters. The molecule has 0 aliphatic rings. The largest absolute Gasteiger partial charge is 0.487 e. The minimum atomic E-state index is -0.159. The monoisotopic (exact) mass is 451 g/mol. The Balaban J connectivity index is 1.38. The summed E-state index contributed by atoms with van der Waals surface area (Å²) in [5.74, 6) is 2.32. The van der Waals surface area contributed by atoms with Gasteiger partial charge in [-0.25, -0.2) is 0 Å². The van der Waals surface area contributed by atoms with Crippen LogP contribution in [0.1, 0.15) is 25.5 Å². The van der Waals surface area contributed by atoms with Crippen molar-refractivity contribution in [3.05, 3.63) is 78.1 Å². The van der Waals surface area contributed by atoms with E-state index < -0.39 is 0 Å². The van der Waals surface area contributed by atoms with Crippen molar-refractivity contribution in [3.63, 3.8) is 0 Å². The van der Waals surface area contributed by atoms with Crippen LogP contribution < -0.4 is 4.74 Å². The number of benzene rings is 2. The predicted octanol–water partition coefficient (Wildman–Crippen LogP) is 5.16. The van der Waals surface area contributed by atoms with Gasteiger partial charge in [0.25, 0.3) is 0 Å². The topological polar surface area (TPSA) is 66.2 Å². The second-order valence-corrected chi connectivity index (χ2v) is 8.50. The Labute approximate surface area is 193 Å². The number of thioether (sulfide) groups is 1. The smallest absolute Gasteiger partial charge is 0.306 e. The van der Waals surface area contributed by atoms with Crippen molar-refractivity contribution in [3.8, 4) is 16.9 Å². The number of ether oxygens (including phenoxy) is 2. The van der Waals surface area contributed by atoms with Crippen LogP contribution in [0.4, 0.5) is 0 Å². The average molecular weight is 452 g/mol. The maximum atomic E-state index is 11.1. The molecule has 7 heteroatoms. The van der Waals surface area contributed by atoms with Crippen molar-refractivity contribution < 1.29 is 14.3 Å². The van der Waals surface area contributed by atoms with Crippen LogP contribution >= 0.6 is 11.8 Å². The molecule has 6 nitrogen and oxygen atoms in total. The number of carbonyl (C=O) groups excluding carboxylic acids is 1. The molecule has 0 bridgehead atoms. The van der Waals surface area contributed by atoms with Gasteiger partial charge < -0.3 is 9.47 Å². The van der Waals surface area contributed by atoms with Gasteiger partial charge in [0, 0.05) is 18.1 Å². The molecule has 0 aliphatic heterocycles. The van der Waals surface area contributed by atoms with Gasteiger partial charge in [-0.1, -0.05) is 59.3 Å². The van der Waals surface area contributed by atoms with E-state index >= 15 is 0 Å². The number of aryl methyl sites for hydroxylation is 1. The minimum absolute atomic E-state index is 0.159. The number of allylic oxidation sites excluding steroid dienone is 1. The molecule has 32 heavy (non-hydrogen) atoms. The van der Waals surface area contributed by atoms with Crippen LogP contribution in [0.25, 0.3) is 11.1 Å². The number of aromatic nitrogens is 3. The fraction of sp³-hybridized carbons (Fsp3) is 0.320. The zero-order chi connectivity index (χ0) is 22.6. The lowest BCUT2D eigenvalue weighted by atomic mass is 10.1. The van der Waals surface area contributed by atoms with E-state index in [4.69, 9.17) is 4.74 Å². The SMILES string of the molecule is COC(=O)CCSC/C=C(\C)CCn1cc(COc2ccc(-c3ccccc3)cc2)nn1. The summed E-state index contributed by atoms with van der Waals surface area (Å²) in [6, 6.07) is 18.3. The number of esters is 1. The fourth-order valence-electron chi connectivity index (χ4n) is 2.98. The lowest BCUT2D eigenvalue weighted by molar-refractivity contribution is -0.140. The predicted molar refractivity (Wildman–Crippen MR) is 129 cm³/mol. The van der Waals surface area contributed by atoms with Crippen molar-refractivity contribution in [1.82, 2.24) is 15.0 Å². The Kier molecular flexibility index (Phi) is 9.37. The maximum Gasteiger partial charge on any atom is 0.306 e. The highest BCUT2D eigenvalue weighted by atomic mass is 32.2. The highest BCUT2D eigenvalue weighted by Crippen LogP contribution is 2.22. The Morgan fingerprint density at radius 3 is 2.56 bits per heavy atom. The van der Waals surface area contributed by atoms with E-state index in [0.717, 1.165) is 41.5 Å². The number of rotatable bonds is 12. The van der Waals surface area contributed by atoms with Crippen LogP contribution in [-0.4, -0.2) is 39.6 Å². The van der Waals surface area contributed by atoms with Gasteiger partial charge in [0.1, 0.15) is 18.1 Å². The number of hydrogen-bond acceptors (Lipinski definition) is 6. The summed E-state index contributed by atoms with van der Waals surface area (Å²) in [7, 11) is 1.42. The number of nitrogens with zero attached hydrogens (tertiary/aromatic N) is 3. The van der Waals surface area contributed by atoms with Crippen LogP contribution in [0.5, 0.6) is 5.75 Å². The maximum absolute atomic E-state index is 11.1. The molecule has 0 spiro atoms. The first-order valence-electron chi connectivity index (χ1n) is 10.6. The van der Waals surface area contributed by atoms with Crippen LogP contribution in [0.15, 0.2) is 72.4 Å². The van der Waals surface area contributed by atoms with Crippen LogP contribution in [0.3, 0.4) is 0 Å². The number of carbonyl (C=O) groups is 1. The van der Waals surface area contributed by atoms with Gasteiger partial charge >= 0.3 is 5.97 Å². The van der Waals surface area contributed by atoms with E-state index in [1.165, 1.54) is 18.2 Å².